The van der Waals surface area contributed by atoms with Crippen LogP contribution in [0, 0.1) is 5.82 Å². The molecule has 0 saturated carbocycles. The summed E-state index contributed by atoms with van der Waals surface area (Å²) in [5.41, 5.74) is 0.786. The average molecular weight is 415 g/mol. The molecule has 3 atom stereocenters. The summed E-state index contributed by atoms with van der Waals surface area (Å²) in [6.45, 7) is 3.20. The molecule has 30 heavy (non-hydrogen) atoms. The van der Waals surface area contributed by atoms with Crippen LogP contribution >= 0.6 is 0 Å². The molecule has 1 N–H and O–H groups in total. The number of hydrogen-bond donors (Lipinski definition) is 1. The van der Waals surface area contributed by atoms with Gasteiger partial charge in [-0.2, -0.15) is 0 Å². The summed E-state index contributed by atoms with van der Waals surface area (Å²) in [5.74, 6) is 0.273. The lowest BCUT2D eigenvalue weighted by atomic mass is 10.0. The standard InChI is InChI=1S/C21H23F2N5O2/c1-2-29-19-8-16(23)11-27-21(19)30-18-6-14(9-24-13-18)20-26-4-3-5-28(20)17-7-15(22)10-25-12-17/h3-6,8-9,11,13,15,17,20,25H,2,7,10,12H2,1H3/t15-,17-,20?/m0/s1. The number of ether oxygens (including phenoxy) is 2. The van der Waals surface area contributed by atoms with Crippen LogP contribution in [0.4, 0.5) is 8.78 Å². The molecule has 2 aromatic heterocycles. The zero-order valence-electron chi connectivity index (χ0n) is 16.5. The molecule has 1 saturated heterocycles. The van der Waals surface area contributed by atoms with Crippen molar-refractivity contribution in [3.05, 3.63) is 54.4 Å². The third kappa shape index (κ3) is 4.56. The number of halogens is 2. The quantitative estimate of drug-likeness (QED) is 0.780. The van der Waals surface area contributed by atoms with Gasteiger partial charge >= 0.3 is 0 Å². The van der Waals surface area contributed by atoms with E-state index in [-0.39, 0.29) is 23.8 Å². The monoisotopic (exact) mass is 415 g/mol. The van der Waals surface area contributed by atoms with Crippen molar-refractivity contribution in [2.75, 3.05) is 19.7 Å². The first-order chi connectivity index (χ1) is 14.6. The molecule has 0 spiro atoms. The second-order valence-corrected chi connectivity index (χ2v) is 7.05. The van der Waals surface area contributed by atoms with Gasteiger partial charge in [-0.05, 0) is 19.1 Å². The van der Waals surface area contributed by atoms with Crippen molar-refractivity contribution < 1.29 is 18.3 Å². The van der Waals surface area contributed by atoms with Gasteiger partial charge in [0.05, 0.1) is 19.0 Å². The van der Waals surface area contributed by atoms with Crippen molar-refractivity contribution >= 4 is 6.21 Å². The van der Waals surface area contributed by atoms with E-state index in [0.29, 0.717) is 31.9 Å². The number of aromatic nitrogens is 2. The van der Waals surface area contributed by atoms with Gasteiger partial charge in [0.2, 0.25) is 0 Å². The van der Waals surface area contributed by atoms with Gasteiger partial charge in [0.25, 0.3) is 5.88 Å². The highest BCUT2D eigenvalue weighted by Crippen LogP contribution is 2.33. The lowest BCUT2D eigenvalue weighted by Crippen LogP contribution is -2.49. The highest BCUT2D eigenvalue weighted by molar-refractivity contribution is 5.72. The minimum absolute atomic E-state index is 0.0275. The Morgan fingerprint density at radius 2 is 2.13 bits per heavy atom. The van der Waals surface area contributed by atoms with Gasteiger partial charge in [-0.3, -0.25) is 9.98 Å². The van der Waals surface area contributed by atoms with Crippen LogP contribution in [0.2, 0.25) is 0 Å². The van der Waals surface area contributed by atoms with Gasteiger partial charge in [-0.1, -0.05) is 0 Å². The molecule has 9 heteroatoms. The third-order valence-electron chi connectivity index (χ3n) is 4.88. The zero-order valence-corrected chi connectivity index (χ0v) is 16.5. The van der Waals surface area contributed by atoms with Gasteiger partial charge in [0.15, 0.2) is 5.75 Å². The molecule has 0 radical (unpaired) electrons. The van der Waals surface area contributed by atoms with Crippen LogP contribution in [-0.4, -0.2) is 53.0 Å². The van der Waals surface area contributed by atoms with Crippen LogP contribution in [0.1, 0.15) is 25.1 Å². The van der Waals surface area contributed by atoms with Gasteiger partial charge in [0, 0.05) is 55.8 Å². The molecule has 0 aliphatic carbocycles. The molecule has 1 unspecified atom stereocenters. The summed E-state index contributed by atoms with van der Waals surface area (Å²) in [5, 5.41) is 3.13. The Labute approximate surface area is 173 Å². The molecule has 1 fully saturated rings. The fraction of sp³-hybridized carbons (Fsp3) is 0.381. The maximum Gasteiger partial charge on any atom is 0.262 e. The molecule has 4 heterocycles. The summed E-state index contributed by atoms with van der Waals surface area (Å²) in [4.78, 5) is 14.8. The van der Waals surface area contributed by atoms with E-state index in [4.69, 9.17) is 9.47 Å². The maximum atomic E-state index is 13.9. The Balaban J connectivity index is 1.57. The lowest BCUT2D eigenvalue weighted by molar-refractivity contribution is 0.129. The number of piperidine rings is 1. The SMILES string of the molecule is CCOc1cc(F)cnc1Oc1cncc(C2N=CC=CN2[C@@H]2CNC[C@@H](F)C2)c1. The second kappa shape index (κ2) is 9.17. The Morgan fingerprint density at radius 1 is 1.23 bits per heavy atom. The molecule has 0 amide bonds. The first-order valence-corrected chi connectivity index (χ1v) is 9.87. The molecular weight excluding hydrogens is 392 g/mol. The predicted molar refractivity (Wildman–Crippen MR) is 108 cm³/mol. The van der Waals surface area contributed by atoms with E-state index >= 15 is 0 Å². The fourth-order valence-electron chi connectivity index (χ4n) is 3.59. The van der Waals surface area contributed by atoms with E-state index in [0.717, 1.165) is 11.8 Å². The van der Waals surface area contributed by atoms with E-state index in [1.54, 1.807) is 25.4 Å². The van der Waals surface area contributed by atoms with Crippen molar-refractivity contribution in [2.24, 2.45) is 4.99 Å². The van der Waals surface area contributed by atoms with E-state index in [2.05, 4.69) is 20.3 Å². The van der Waals surface area contributed by atoms with Crippen molar-refractivity contribution in [3.8, 4) is 17.4 Å². The van der Waals surface area contributed by atoms with Crippen LogP contribution in [0.15, 0.2) is 48.0 Å². The molecule has 7 nitrogen and oxygen atoms in total. The highest BCUT2D eigenvalue weighted by atomic mass is 19.1. The molecule has 4 rings (SSSR count). The minimum atomic E-state index is -0.891. The van der Waals surface area contributed by atoms with Crippen molar-refractivity contribution in [1.82, 2.24) is 20.2 Å². The summed E-state index contributed by atoms with van der Waals surface area (Å²) >= 11 is 0. The summed E-state index contributed by atoms with van der Waals surface area (Å²) in [6.07, 6.45) is 8.97. The minimum Gasteiger partial charge on any atom is -0.488 e. The first-order valence-electron chi connectivity index (χ1n) is 9.87. The molecular formula is C21H23F2N5O2. The van der Waals surface area contributed by atoms with Crippen LogP contribution in [-0.2, 0) is 0 Å². The Bertz CT molecular complexity index is 939. The number of nitrogens with zero attached hydrogens (tertiary/aromatic N) is 4. The van der Waals surface area contributed by atoms with E-state index in [1.165, 1.54) is 12.3 Å². The largest absolute Gasteiger partial charge is 0.488 e. The van der Waals surface area contributed by atoms with E-state index in [1.807, 2.05) is 17.2 Å². The van der Waals surface area contributed by atoms with Crippen molar-refractivity contribution in [2.45, 2.75) is 31.7 Å². The first kappa shape index (κ1) is 20.2. The summed E-state index contributed by atoms with van der Waals surface area (Å²) in [6, 6.07) is 3.00. The lowest BCUT2D eigenvalue weighted by Gasteiger charge is -2.39. The van der Waals surface area contributed by atoms with Gasteiger partial charge in [-0.15, -0.1) is 0 Å². The number of pyridine rings is 2. The van der Waals surface area contributed by atoms with Crippen molar-refractivity contribution in [1.29, 1.82) is 0 Å². The smallest absolute Gasteiger partial charge is 0.262 e. The molecule has 2 aliphatic heterocycles. The Hall–Kier alpha value is -3.07. The number of allylic oxidation sites excluding steroid dienone is 1. The number of alkyl halides is 1. The summed E-state index contributed by atoms with van der Waals surface area (Å²) < 4.78 is 38.6. The second-order valence-electron chi connectivity index (χ2n) is 7.05. The van der Waals surface area contributed by atoms with Crippen LogP contribution in [0.25, 0.3) is 0 Å². The zero-order chi connectivity index (χ0) is 20.9. The van der Waals surface area contributed by atoms with Gasteiger partial charge in [-0.25, -0.2) is 13.8 Å². The fourth-order valence-corrected chi connectivity index (χ4v) is 3.59. The molecule has 0 aromatic carbocycles. The van der Waals surface area contributed by atoms with E-state index in [9.17, 15) is 8.78 Å². The molecule has 158 valence electrons. The molecule has 2 aromatic rings. The summed E-state index contributed by atoms with van der Waals surface area (Å²) in [7, 11) is 0. The van der Waals surface area contributed by atoms with Crippen LogP contribution in [0.5, 0.6) is 17.4 Å². The van der Waals surface area contributed by atoms with Crippen LogP contribution < -0.4 is 14.8 Å². The molecule has 0 bridgehead atoms. The average Bonchev–Trinajstić information content (AvgIpc) is 2.76. The number of aliphatic imine (C=N–C) groups is 1. The van der Waals surface area contributed by atoms with E-state index < -0.39 is 12.0 Å². The predicted octanol–water partition coefficient (Wildman–Crippen LogP) is 3.41. The Morgan fingerprint density at radius 3 is 2.97 bits per heavy atom. The maximum absolute atomic E-state index is 13.9. The highest BCUT2D eigenvalue weighted by Gasteiger charge is 2.30. The normalized spacial score (nSPS) is 23.4. The number of rotatable bonds is 6. The van der Waals surface area contributed by atoms with Crippen molar-refractivity contribution in [3.63, 3.8) is 0 Å². The number of hydrogen-bond acceptors (Lipinski definition) is 7. The topological polar surface area (TPSA) is 71.9 Å². The Kier molecular flexibility index (Phi) is 6.18. The van der Waals surface area contributed by atoms with Gasteiger partial charge in [0.1, 0.15) is 23.9 Å². The van der Waals surface area contributed by atoms with Crippen LogP contribution in [0.3, 0.4) is 0 Å². The van der Waals surface area contributed by atoms with Gasteiger partial charge < -0.3 is 19.7 Å². The number of nitrogens with one attached hydrogen (secondary N) is 1. The third-order valence-corrected chi connectivity index (χ3v) is 4.88. The molecule has 2 aliphatic rings.